The number of nitrogens with zero attached hydrogens (tertiary/aromatic N) is 1. The third-order valence-corrected chi connectivity index (χ3v) is 8.50. The Morgan fingerprint density at radius 1 is 1.07 bits per heavy atom. The second-order valence-corrected chi connectivity index (χ2v) is 10.7. The van der Waals surface area contributed by atoms with Gasteiger partial charge in [-0.2, -0.15) is 11.8 Å². The van der Waals surface area contributed by atoms with Gasteiger partial charge in [-0.1, -0.05) is 56.2 Å². The molecule has 0 heterocycles. The first-order valence-electron chi connectivity index (χ1n) is 10.6. The van der Waals surface area contributed by atoms with E-state index in [0.29, 0.717) is 23.9 Å². The molecule has 3 rings (SSSR count). The van der Waals surface area contributed by atoms with E-state index in [4.69, 9.17) is 0 Å². The standard InChI is InChI=1S/C23H30N2O3S2/c1-2-19-10-6-9-15-22(19)25(30(27,28)21-13-4-3-5-14-21)18-23(26)24-16-17-29-20-11-7-8-12-20/h3-6,9-10,13-15,20H,2,7-8,11-12,16-18H2,1H3,(H,24,26). The Morgan fingerprint density at radius 2 is 1.73 bits per heavy atom. The number of nitrogens with one attached hydrogen (secondary N) is 1. The van der Waals surface area contributed by atoms with Crippen LogP contribution in [0.2, 0.25) is 0 Å². The fraction of sp³-hybridized carbons (Fsp3) is 0.435. The summed E-state index contributed by atoms with van der Waals surface area (Å²) in [6, 6.07) is 15.6. The summed E-state index contributed by atoms with van der Waals surface area (Å²) in [4.78, 5) is 12.9. The number of para-hydroxylation sites is 1. The van der Waals surface area contributed by atoms with Crippen molar-refractivity contribution in [2.75, 3.05) is 23.1 Å². The Bertz CT molecular complexity index is 926. The largest absolute Gasteiger partial charge is 0.354 e. The van der Waals surface area contributed by atoms with Crippen molar-refractivity contribution in [3.63, 3.8) is 0 Å². The Labute approximate surface area is 184 Å². The average Bonchev–Trinajstić information content (AvgIpc) is 3.29. The number of amides is 1. The van der Waals surface area contributed by atoms with E-state index in [1.54, 1.807) is 42.5 Å². The van der Waals surface area contributed by atoms with Gasteiger partial charge in [-0.3, -0.25) is 9.10 Å². The van der Waals surface area contributed by atoms with E-state index in [9.17, 15) is 13.2 Å². The number of aryl methyl sites for hydroxylation is 1. The van der Waals surface area contributed by atoms with Crippen molar-refractivity contribution in [2.45, 2.75) is 49.2 Å². The number of sulfonamides is 1. The molecule has 1 amide bonds. The molecule has 0 spiro atoms. The number of carbonyl (C=O) groups is 1. The van der Waals surface area contributed by atoms with Crippen molar-refractivity contribution in [3.05, 3.63) is 60.2 Å². The zero-order valence-corrected chi connectivity index (χ0v) is 19.1. The summed E-state index contributed by atoms with van der Waals surface area (Å²) in [5.74, 6) is 0.570. The number of rotatable bonds is 10. The molecule has 0 saturated heterocycles. The number of anilines is 1. The molecule has 0 atom stereocenters. The van der Waals surface area contributed by atoms with Gasteiger partial charge in [-0.25, -0.2) is 8.42 Å². The van der Waals surface area contributed by atoms with Crippen LogP contribution in [0.25, 0.3) is 0 Å². The maximum Gasteiger partial charge on any atom is 0.264 e. The van der Waals surface area contributed by atoms with Crippen LogP contribution in [0.1, 0.15) is 38.2 Å². The van der Waals surface area contributed by atoms with Crippen molar-refractivity contribution in [1.29, 1.82) is 0 Å². The van der Waals surface area contributed by atoms with E-state index in [-0.39, 0.29) is 17.3 Å². The van der Waals surface area contributed by atoms with Crippen molar-refractivity contribution < 1.29 is 13.2 Å². The number of hydrogen-bond acceptors (Lipinski definition) is 4. The van der Waals surface area contributed by atoms with E-state index >= 15 is 0 Å². The number of benzene rings is 2. The van der Waals surface area contributed by atoms with Gasteiger partial charge in [0, 0.05) is 17.5 Å². The average molecular weight is 447 g/mol. The van der Waals surface area contributed by atoms with Crippen LogP contribution < -0.4 is 9.62 Å². The molecule has 0 radical (unpaired) electrons. The molecule has 2 aromatic rings. The summed E-state index contributed by atoms with van der Waals surface area (Å²) in [5, 5.41) is 3.60. The summed E-state index contributed by atoms with van der Waals surface area (Å²) in [6.45, 7) is 2.30. The van der Waals surface area contributed by atoms with Gasteiger partial charge < -0.3 is 5.32 Å². The molecule has 1 aliphatic rings. The highest BCUT2D eigenvalue weighted by Gasteiger charge is 2.28. The Morgan fingerprint density at radius 3 is 2.43 bits per heavy atom. The first kappa shape index (κ1) is 22.7. The van der Waals surface area contributed by atoms with Gasteiger partial charge >= 0.3 is 0 Å². The molecule has 1 fully saturated rings. The van der Waals surface area contributed by atoms with Crippen LogP contribution >= 0.6 is 11.8 Å². The molecule has 30 heavy (non-hydrogen) atoms. The molecule has 1 N–H and O–H groups in total. The highest BCUT2D eigenvalue weighted by atomic mass is 32.2. The third-order valence-electron chi connectivity index (χ3n) is 5.34. The van der Waals surface area contributed by atoms with Gasteiger partial charge in [0.05, 0.1) is 10.6 Å². The molecule has 1 aliphatic carbocycles. The number of hydrogen-bond donors (Lipinski definition) is 1. The molecular formula is C23H30N2O3S2. The van der Waals surface area contributed by atoms with Gasteiger partial charge in [0.25, 0.3) is 10.0 Å². The van der Waals surface area contributed by atoms with E-state index in [0.717, 1.165) is 11.3 Å². The maximum atomic E-state index is 13.4. The SMILES string of the molecule is CCc1ccccc1N(CC(=O)NCCSC1CCCC1)S(=O)(=O)c1ccccc1. The molecule has 0 aromatic heterocycles. The lowest BCUT2D eigenvalue weighted by atomic mass is 10.1. The van der Waals surface area contributed by atoms with E-state index in [1.165, 1.54) is 30.0 Å². The highest BCUT2D eigenvalue weighted by Crippen LogP contribution is 2.29. The summed E-state index contributed by atoms with van der Waals surface area (Å²) in [6.07, 6.45) is 5.79. The van der Waals surface area contributed by atoms with Crippen LogP contribution in [0.15, 0.2) is 59.5 Å². The first-order valence-corrected chi connectivity index (χ1v) is 13.0. The maximum absolute atomic E-state index is 13.4. The third kappa shape index (κ3) is 5.79. The summed E-state index contributed by atoms with van der Waals surface area (Å²) in [5.41, 5.74) is 1.45. The number of thioether (sulfide) groups is 1. The lowest BCUT2D eigenvalue weighted by molar-refractivity contribution is -0.119. The summed E-state index contributed by atoms with van der Waals surface area (Å²) >= 11 is 1.90. The molecule has 0 bridgehead atoms. The minimum atomic E-state index is -3.86. The Kier molecular flexibility index (Phi) is 8.22. The second-order valence-electron chi connectivity index (χ2n) is 7.43. The predicted molar refractivity (Wildman–Crippen MR) is 125 cm³/mol. The van der Waals surface area contributed by atoms with Gasteiger partial charge in [0.2, 0.25) is 5.91 Å². The lowest BCUT2D eigenvalue weighted by Crippen LogP contribution is -2.41. The Balaban J connectivity index is 1.73. The minimum absolute atomic E-state index is 0.181. The smallest absolute Gasteiger partial charge is 0.264 e. The fourth-order valence-corrected chi connectivity index (χ4v) is 6.43. The van der Waals surface area contributed by atoms with E-state index in [2.05, 4.69) is 5.32 Å². The van der Waals surface area contributed by atoms with Crippen LogP contribution in [0.3, 0.4) is 0 Å². The molecule has 0 aliphatic heterocycles. The molecule has 2 aromatic carbocycles. The van der Waals surface area contributed by atoms with Crippen molar-refractivity contribution in [2.24, 2.45) is 0 Å². The summed E-state index contributed by atoms with van der Waals surface area (Å²) < 4.78 is 28.0. The van der Waals surface area contributed by atoms with Crippen molar-refractivity contribution in [1.82, 2.24) is 5.32 Å². The van der Waals surface area contributed by atoms with Gasteiger partial charge in [0.1, 0.15) is 6.54 Å². The van der Waals surface area contributed by atoms with Gasteiger partial charge in [-0.05, 0) is 43.0 Å². The van der Waals surface area contributed by atoms with Crippen LogP contribution in [0, 0.1) is 0 Å². The normalized spacial score (nSPS) is 14.6. The van der Waals surface area contributed by atoms with Crippen LogP contribution in [-0.4, -0.2) is 38.4 Å². The zero-order chi connectivity index (χ0) is 21.4. The van der Waals surface area contributed by atoms with Crippen LogP contribution in [0.5, 0.6) is 0 Å². The molecular weight excluding hydrogens is 416 g/mol. The van der Waals surface area contributed by atoms with Crippen LogP contribution in [0.4, 0.5) is 5.69 Å². The monoisotopic (exact) mass is 446 g/mol. The Hall–Kier alpha value is -1.99. The van der Waals surface area contributed by atoms with Crippen molar-refractivity contribution >= 4 is 33.4 Å². The lowest BCUT2D eigenvalue weighted by Gasteiger charge is -2.26. The number of carbonyl (C=O) groups excluding carboxylic acids is 1. The molecule has 1 saturated carbocycles. The molecule has 162 valence electrons. The summed E-state index contributed by atoms with van der Waals surface area (Å²) in [7, 11) is -3.86. The zero-order valence-electron chi connectivity index (χ0n) is 17.4. The quantitative estimate of drug-likeness (QED) is 0.555. The van der Waals surface area contributed by atoms with Crippen molar-refractivity contribution in [3.8, 4) is 0 Å². The van der Waals surface area contributed by atoms with E-state index in [1.807, 2.05) is 30.8 Å². The second kappa shape index (κ2) is 10.9. The van der Waals surface area contributed by atoms with Gasteiger partial charge in [0.15, 0.2) is 0 Å². The van der Waals surface area contributed by atoms with E-state index < -0.39 is 10.0 Å². The van der Waals surface area contributed by atoms with Crippen LogP contribution in [-0.2, 0) is 21.2 Å². The molecule has 7 heteroatoms. The molecule has 0 unspecified atom stereocenters. The minimum Gasteiger partial charge on any atom is -0.354 e. The molecule has 5 nitrogen and oxygen atoms in total. The fourth-order valence-electron chi connectivity index (χ4n) is 3.73. The first-order chi connectivity index (χ1) is 14.5. The van der Waals surface area contributed by atoms with Gasteiger partial charge in [-0.15, -0.1) is 0 Å². The predicted octanol–water partition coefficient (Wildman–Crippen LogP) is 4.24. The highest BCUT2D eigenvalue weighted by molar-refractivity contribution is 7.99. The topological polar surface area (TPSA) is 66.5 Å².